The Hall–Kier alpha value is -0.710. The fourth-order valence-corrected chi connectivity index (χ4v) is 2.86. The van der Waals surface area contributed by atoms with Gasteiger partial charge < -0.3 is 10.4 Å². The highest BCUT2D eigenvalue weighted by Gasteiger charge is 2.16. The number of hydrogen-bond donors (Lipinski definition) is 2. The van der Waals surface area contributed by atoms with E-state index in [1.165, 1.54) is 0 Å². The zero-order chi connectivity index (χ0) is 15.9. The van der Waals surface area contributed by atoms with Gasteiger partial charge in [0.1, 0.15) is 0 Å². The zero-order valence-corrected chi connectivity index (χ0v) is 14.5. The van der Waals surface area contributed by atoms with E-state index in [9.17, 15) is 9.90 Å². The third-order valence-corrected chi connectivity index (χ3v) is 4.42. The molecule has 0 aromatic heterocycles. The molecule has 0 unspecified atom stereocenters. The van der Waals surface area contributed by atoms with Gasteiger partial charge in [-0.25, -0.2) is 0 Å². The van der Waals surface area contributed by atoms with Crippen LogP contribution in [0.4, 0.5) is 0 Å². The number of carbonyl (C=O) groups excluding carboxylic acids is 1. The lowest BCUT2D eigenvalue weighted by molar-refractivity contribution is 0.0945. The molecular weight excluding hydrogens is 306 g/mol. The summed E-state index contributed by atoms with van der Waals surface area (Å²) in [6, 6.07) is 5.41. The van der Waals surface area contributed by atoms with Crippen molar-refractivity contribution in [3.05, 3.63) is 28.8 Å². The van der Waals surface area contributed by atoms with Crippen LogP contribution >= 0.6 is 23.4 Å². The Kier molecular flexibility index (Phi) is 7.57. The summed E-state index contributed by atoms with van der Waals surface area (Å²) < 4.78 is 0. The Bertz CT molecular complexity index is 477. The van der Waals surface area contributed by atoms with Crippen molar-refractivity contribution in [2.45, 2.75) is 38.5 Å². The Morgan fingerprint density at radius 1 is 1.43 bits per heavy atom. The predicted molar refractivity (Wildman–Crippen MR) is 90.3 cm³/mol. The van der Waals surface area contributed by atoms with E-state index in [0.29, 0.717) is 17.1 Å². The van der Waals surface area contributed by atoms with Crippen LogP contribution in [0.3, 0.4) is 0 Å². The quantitative estimate of drug-likeness (QED) is 0.560. The highest BCUT2D eigenvalue weighted by molar-refractivity contribution is 7.99. The summed E-state index contributed by atoms with van der Waals surface area (Å²) >= 11 is 7.62. The molecule has 0 fully saturated rings. The van der Waals surface area contributed by atoms with Gasteiger partial charge in [0.05, 0.1) is 5.56 Å². The molecule has 0 heterocycles. The number of amides is 1. The molecule has 2 N–H and O–H groups in total. The Morgan fingerprint density at radius 2 is 2.14 bits per heavy atom. The van der Waals surface area contributed by atoms with Crippen molar-refractivity contribution in [3.63, 3.8) is 0 Å². The van der Waals surface area contributed by atoms with Gasteiger partial charge in [0.25, 0.3) is 5.91 Å². The summed E-state index contributed by atoms with van der Waals surface area (Å²) in [4.78, 5) is 13.2. The first-order valence-electron chi connectivity index (χ1n) is 7.21. The number of halogens is 1. The van der Waals surface area contributed by atoms with Crippen molar-refractivity contribution in [2.75, 3.05) is 18.9 Å². The van der Waals surface area contributed by atoms with Gasteiger partial charge in [-0.05, 0) is 42.2 Å². The number of rotatable bonds is 8. The minimum absolute atomic E-state index is 0.0877. The maximum Gasteiger partial charge on any atom is 0.252 e. The van der Waals surface area contributed by atoms with Crippen LogP contribution in [0.1, 0.15) is 44.0 Å². The highest BCUT2D eigenvalue weighted by atomic mass is 35.5. The SMILES string of the molecule is CCSc1ccc(Cl)cc1C(=O)NCCCC(C)(C)CO. The Labute approximate surface area is 136 Å². The minimum Gasteiger partial charge on any atom is -0.396 e. The number of hydrogen-bond acceptors (Lipinski definition) is 3. The first kappa shape index (κ1) is 18.3. The standard InChI is InChI=1S/C16H24ClNO2S/c1-4-21-14-7-6-12(17)10-13(14)15(20)18-9-5-8-16(2,3)11-19/h6-7,10,19H,4-5,8-9,11H2,1-3H3,(H,18,20). The van der Waals surface area contributed by atoms with Gasteiger partial charge in [-0.1, -0.05) is 32.4 Å². The fraction of sp³-hybridized carbons (Fsp3) is 0.562. The van der Waals surface area contributed by atoms with Crippen molar-refractivity contribution in [3.8, 4) is 0 Å². The summed E-state index contributed by atoms with van der Waals surface area (Å²) in [5.74, 6) is 0.822. The van der Waals surface area contributed by atoms with Gasteiger partial charge in [0.2, 0.25) is 0 Å². The van der Waals surface area contributed by atoms with E-state index in [1.54, 1.807) is 23.9 Å². The molecule has 1 rings (SSSR count). The number of aliphatic hydroxyl groups excluding tert-OH is 1. The lowest BCUT2D eigenvalue weighted by Crippen LogP contribution is -2.26. The van der Waals surface area contributed by atoms with Crippen molar-refractivity contribution in [2.24, 2.45) is 5.41 Å². The summed E-state index contributed by atoms with van der Waals surface area (Å²) in [6.45, 7) is 6.85. The molecule has 0 saturated carbocycles. The average molecular weight is 330 g/mol. The van der Waals surface area contributed by atoms with E-state index >= 15 is 0 Å². The lowest BCUT2D eigenvalue weighted by Gasteiger charge is -2.21. The maximum atomic E-state index is 12.3. The molecular formula is C16H24ClNO2S. The second-order valence-corrected chi connectivity index (χ2v) is 7.50. The lowest BCUT2D eigenvalue weighted by atomic mass is 9.89. The molecule has 1 aromatic carbocycles. The number of benzene rings is 1. The Morgan fingerprint density at radius 3 is 2.76 bits per heavy atom. The predicted octanol–water partition coefficient (Wildman–Crippen LogP) is 3.98. The molecule has 3 nitrogen and oxygen atoms in total. The molecule has 21 heavy (non-hydrogen) atoms. The van der Waals surface area contributed by atoms with Gasteiger partial charge in [0, 0.05) is 23.1 Å². The monoisotopic (exact) mass is 329 g/mol. The van der Waals surface area contributed by atoms with Crippen LogP contribution in [0.2, 0.25) is 5.02 Å². The third-order valence-electron chi connectivity index (χ3n) is 3.23. The molecule has 0 atom stereocenters. The van der Waals surface area contributed by atoms with Crippen LogP contribution < -0.4 is 5.32 Å². The molecule has 5 heteroatoms. The van der Waals surface area contributed by atoms with Crippen molar-refractivity contribution in [1.82, 2.24) is 5.32 Å². The minimum atomic E-state index is -0.0932. The van der Waals surface area contributed by atoms with Crippen molar-refractivity contribution >= 4 is 29.3 Å². The molecule has 1 aromatic rings. The summed E-state index contributed by atoms with van der Waals surface area (Å²) in [7, 11) is 0. The molecule has 0 aliphatic carbocycles. The zero-order valence-electron chi connectivity index (χ0n) is 12.9. The summed E-state index contributed by atoms with van der Waals surface area (Å²) in [6.07, 6.45) is 1.71. The van der Waals surface area contributed by atoms with Crippen LogP contribution in [0.25, 0.3) is 0 Å². The van der Waals surface area contributed by atoms with Crippen LogP contribution in [0.5, 0.6) is 0 Å². The van der Waals surface area contributed by atoms with Gasteiger partial charge >= 0.3 is 0 Å². The van der Waals surface area contributed by atoms with Gasteiger partial charge in [0.15, 0.2) is 0 Å². The van der Waals surface area contributed by atoms with Crippen LogP contribution in [0, 0.1) is 5.41 Å². The molecule has 1 amide bonds. The summed E-state index contributed by atoms with van der Waals surface area (Å²) in [5, 5.41) is 12.7. The van der Waals surface area contributed by atoms with Crippen LogP contribution in [0.15, 0.2) is 23.1 Å². The molecule has 118 valence electrons. The third kappa shape index (κ3) is 6.29. The highest BCUT2D eigenvalue weighted by Crippen LogP contribution is 2.25. The number of carbonyl (C=O) groups is 1. The van der Waals surface area contributed by atoms with Crippen LogP contribution in [-0.2, 0) is 0 Å². The molecule has 0 aliphatic heterocycles. The molecule has 0 aliphatic rings. The molecule has 0 spiro atoms. The second-order valence-electron chi connectivity index (χ2n) is 5.76. The maximum absolute atomic E-state index is 12.3. The number of nitrogens with one attached hydrogen (secondary N) is 1. The van der Waals surface area contributed by atoms with E-state index < -0.39 is 0 Å². The molecule has 0 saturated heterocycles. The van der Waals surface area contributed by atoms with E-state index in [4.69, 9.17) is 11.6 Å². The van der Waals surface area contributed by atoms with Gasteiger partial charge in [-0.15, -0.1) is 11.8 Å². The average Bonchev–Trinajstić information content (AvgIpc) is 2.45. The first-order chi connectivity index (χ1) is 9.89. The van der Waals surface area contributed by atoms with Crippen molar-refractivity contribution < 1.29 is 9.90 Å². The van der Waals surface area contributed by atoms with Crippen molar-refractivity contribution in [1.29, 1.82) is 0 Å². The van der Waals surface area contributed by atoms with E-state index in [1.807, 2.05) is 19.9 Å². The fourth-order valence-electron chi connectivity index (χ4n) is 1.90. The second kappa shape index (κ2) is 8.66. The van der Waals surface area contributed by atoms with E-state index in [2.05, 4.69) is 12.2 Å². The molecule has 0 radical (unpaired) electrons. The Balaban J connectivity index is 2.57. The number of aliphatic hydroxyl groups is 1. The normalized spacial score (nSPS) is 11.5. The van der Waals surface area contributed by atoms with Gasteiger partial charge in [-0.2, -0.15) is 0 Å². The van der Waals surface area contributed by atoms with Gasteiger partial charge in [-0.3, -0.25) is 4.79 Å². The molecule has 0 bridgehead atoms. The topological polar surface area (TPSA) is 49.3 Å². The number of thioether (sulfide) groups is 1. The van der Waals surface area contributed by atoms with E-state index in [0.717, 1.165) is 23.5 Å². The largest absolute Gasteiger partial charge is 0.396 e. The summed E-state index contributed by atoms with van der Waals surface area (Å²) in [5.41, 5.74) is 0.542. The first-order valence-corrected chi connectivity index (χ1v) is 8.57. The smallest absolute Gasteiger partial charge is 0.252 e. The van der Waals surface area contributed by atoms with Crippen LogP contribution in [-0.4, -0.2) is 29.9 Å². The van der Waals surface area contributed by atoms with E-state index in [-0.39, 0.29) is 17.9 Å².